The van der Waals surface area contributed by atoms with Crippen LogP contribution in [-0.2, 0) is 0 Å². The van der Waals surface area contributed by atoms with Crippen molar-refractivity contribution in [2.45, 2.75) is 46.6 Å². The van der Waals surface area contributed by atoms with Crippen LogP contribution in [0, 0.1) is 11.7 Å². The van der Waals surface area contributed by atoms with Crippen LogP contribution < -0.4 is 10.1 Å². The first-order valence-corrected chi connectivity index (χ1v) is 7.20. The summed E-state index contributed by atoms with van der Waals surface area (Å²) in [5.74, 6) is 1.10. The molecule has 0 aromatic heterocycles. The van der Waals surface area contributed by atoms with Gasteiger partial charge < -0.3 is 10.1 Å². The standard InChI is InChI=1S/C16H26FNO/c1-5-18-13(4)15-9-8-14(11-16(15)17)19-10-6-7-12(2)3/h8-9,11-13,18H,5-7,10H2,1-4H3. The summed E-state index contributed by atoms with van der Waals surface area (Å²) in [5.41, 5.74) is 0.691. The number of ether oxygens (including phenoxy) is 1. The van der Waals surface area contributed by atoms with Crippen molar-refractivity contribution < 1.29 is 9.13 Å². The van der Waals surface area contributed by atoms with E-state index in [2.05, 4.69) is 19.2 Å². The van der Waals surface area contributed by atoms with E-state index >= 15 is 0 Å². The Morgan fingerprint density at radius 2 is 2.00 bits per heavy atom. The van der Waals surface area contributed by atoms with Gasteiger partial charge in [-0.3, -0.25) is 0 Å². The summed E-state index contributed by atoms with van der Waals surface area (Å²) in [5, 5.41) is 3.21. The zero-order chi connectivity index (χ0) is 14.3. The van der Waals surface area contributed by atoms with E-state index in [4.69, 9.17) is 4.74 Å². The first-order chi connectivity index (χ1) is 9.04. The Kier molecular flexibility index (Phi) is 6.85. The fraction of sp³-hybridized carbons (Fsp3) is 0.625. The molecule has 3 heteroatoms. The highest BCUT2D eigenvalue weighted by Crippen LogP contribution is 2.22. The van der Waals surface area contributed by atoms with Gasteiger partial charge >= 0.3 is 0 Å². The Morgan fingerprint density at radius 3 is 2.58 bits per heavy atom. The molecule has 1 aromatic carbocycles. The minimum Gasteiger partial charge on any atom is -0.493 e. The Morgan fingerprint density at radius 1 is 1.26 bits per heavy atom. The highest BCUT2D eigenvalue weighted by Gasteiger charge is 2.10. The quantitative estimate of drug-likeness (QED) is 0.709. The van der Waals surface area contributed by atoms with Crippen molar-refractivity contribution in [3.63, 3.8) is 0 Å². The number of hydrogen-bond acceptors (Lipinski definition) is 2. The van der Waals surface area contributed by atoms with E-state index in [-0.39, 0.29) is 11.9 Å². The van der Waals surface area contributed by atoms with Crippen molar-refractivity contribution in [3.05, 3.63) is 29.6 Å². The lowest BCUT2D eigenvalue weighted by Crippen LogP contribution is -2.18. The first-order valence-electron chi connectivity index (χ1n) is 7.20. The van der Waals surface area contributed by atoms with Crippen molar-refractivity contribution >= 4 is 0 Å². The summed E-state index contributed by atoms with van der Waals surface area (Å²) in [6.45, 7) is 9.84. The minimum atomic E-state index is -0.199. The van der Waals surface area contributed by atoms with Gasteiger partial charge in [-0.1, -0.05) is 26.8 Å². The van der Waals surface area contributed by atoms with Gasteiger partial charge in [0.1, 0.15) is 11.6 Å². The van der Waals surface area contributed by atoms with E-state index in [0.717, 1.165) is 19.4 Å². The maximum absolute atomic E-state index is 13.9. The lowest BCUT2D eigenvalue weighted by atomic mass is 10.1. The van der Waals surface area contributed by atoms with Gasteiger partial charge in [0, 0.05) is 17.7 Å². The van der Waals surface area contributed by atoms with Crippen molar-refractivity contribution in [2.24, 2.45) is 5.92 Å². The van der Waals surface area contributed by atoms with Gasteiger partial charge in [0.25, 0.3) is 0 Å². The van der Waals surface area contributed by atoms with E-state index in [0.29, 0.717) is 23.8 Å². The summed E-state index contributed by atoms with van der Waals surface area (Å²) in [6, 6.07) is 5.17. The van der Waals surface area contributed by atoms with Crippen LogP contribution in [0.25, 0.3) is 0 Å². The summed E-state index contributed by atoms with van der Waals surface area (Å²) >= 11 is 0. The highest BCUT2D eigenvalue weighted by atomic mass is 19.1. The molecule has 108 valence electrons. The van der Waals surface area contributed by atoms with Crippen molar-refractivity contribution in [1.82, 2.24) is 5.32 Å². The summed E-state index contributed by atoms with van der Waals surface area (Å²) < 4.78 is 19.5. The zero-order valence-corrected chi connectivity index (χ0v) is 12.5. The third kappa shape index (κ3) is 5.60. The molecule has 1 aromatic rings. The average molecular weight is 267 g/mol. The van der Waals surface area contributed by atoms with Crippen LogP contribution in [0.15, 0.2) is 18.2 Å². The van der Waals surface area contributed by atoms with Gasteiger partial charge in [0.15, 0.2) is 0 Å². The van der Waals surface area contributed by atoms with Crippen LogP contribution in [0.4, 0.5) is 4.39 Å². The Balaban J connectivity index is 2.52. The van der Waals surface area contributed by atoms with Gasteiger partial charge in [-0.05, 0) is 38.3 Å². The lowest BCUT2D eigenvalue weighted by molar-refractivity contribution is 0.296. The van der Waals surface area contributed by atoms with Crippen LogP contribution in [0.3, 0.4) is 0 Å². The molecule has 0 spiro atoms. The number of hydrogen-bond donors (Lipinski definition) is 1. The highest BCUT2D eigenvalue weighted by molar-refractivity contribution is 5.30. The summed E-state index contributed by atoms with van der Waals surface area (Å²) in [4.78, 5) is 0. The van der Waals surface area contributed by atoms with Crippen LogP contribution in [0.2, 0.25) is 0 Å². The molecule has 0 fully saturated rings. The fourth-order valence-corrected chi connectivity index (χ4v) is 2.05. The SMILES string of the molecule is CCNC(C)c1ccc(OCCCC(C)C)cc1F. The van der Waals surface area contributed by atoms with Gasteiger partial charge in [0.05, 0.1) is 6.61 Å². The van der Waals surface area contributed by atoms with Gasteiger partial charge in [0.2, 0.25) is 0 Å². The van der Waals surface area contributed by atoms with Crippen molar-refractivity contribution in [3.8, 4) is 5.75 Å². The Hall–Kier alpha value is -1.09. The molecule has 0 amide bonds. The van der Waals surface area contributed by atoms with E-state index < -0.39 is 0 Å². The number of nitrogens with one attached hydrogen (secondary N) is 1. The van der Waals surface area contributed by atoms with Gasteiger partial charge in [-0.25, -0.2) is 4.39 Å². The number of benzene rings is 1. The molecular weight excluding hydrogens is 241 g/mol. The largest absolute Gasteiger partial charge is 0.493 e. The molecule has 0 saturated heterocycles. The average Bonchev–Trinajstić information content (AvgIpc) is 2.34. The molecule has 0 heterocycles. The molecule has 0 radical (unpaired) electrons. The second-order valence-electron chi connectivity index (χ2n) is 5.35. The minimum absolute atomic E-state index is 0.0278. The monoisotopic (exact) mass is 267 g/mol. The predicted octanol–water partition coefficient (Wildman–Crippen LogP) is 4.31. The maximum Gasteiger partial charge on any atom is 0.131 e. The molecule has 1 N–H and O–H groups in total. The molecule has 0 aliphatic carbocycles. The van der Waals surface area contributed by atoms with E-state index in [9.17, 15) is 4.39 Å². The third-order valence-electron chi connectivity index (χ3n) is 3.14. The van der Waals surface area contributed by atoms with E-state index in [1.807, 2.05) is 19.9 Å². The fourth-order valence-electron chi connectivity index (χ4n) is 2.05. The summed E-state index contributed by atoms with van der Waals surface area (Å²) in [7, 11) is 0. The second kappa shape index (κ2) is 8.16. The Bertz CT molecular complexity index is 379. The molecule has 0 aliphatic heterocycles. The van der Waals surface area contributed by atoms with Crippen LogP contribution in [0.1, 0.15) is 52.1 Å². The first kappa shape index (κ1) is 16.0. The van der Waals surface area contributed by atoms with Crippen molar-refractivity contribution in [2.75, 3.05) is 13.2 Å². The molecule has 2 nitrogen and oxygen atoms in total. The molecule has 0 bridgehead atoms. The van der Waals surface area contributed by atoms with Crippen LogP contribution >= 0.6 is 0 Å². The van der Waals surface area contributed by atoms with Crippen LogP contribution in [0.5, 0.6) is 5.75 Å². The second-order valence-corrected chi connectivity index (χ2v) is 5.35. The Labute approximate surface area is 116 Å². The summed E-state index contributed by atoms with van der Waals surface area (Å²) in [6.07, 6.45) is 2.15. The topological polar surface area (TPSA) is 21.3 Å². The van der Waals surface area contributed by atoms with E-state index in [1.165, 1.54) is 6.07 Å². The number of rotatable bonds is 8. The molecule has 1 rings (SSSR count). The molecule has 1 atom stereocenters. The lowest BCUT2D eigenvalue weighted by Gasteiger charge is -2.15. The third-order valence-corrected chi connectivity index (χ3v) is 3.14. The van der Waals surface area contributed by atoms with E-state index in [1.54, 1.807) is 6.07 Å². The molecule has 1 unspecified atom stereocenters. The van der Waals surface area contributed by atoms with Gasteiger partial charge in [-0.2, -0.15) is 0 Å². The van der Waals surface area contributed by atoms with Crippen molar-refractivity contribution in [1.29, 1.82) is 0 Å². The maximum atomic E-state index is 13.9. The van der Waals surface area contributed by atoms with Gasteiger partial charge in [-0.15, -0.1) is 0 Å². The molecule has 19 heavy (non-hydrogen) atoms. The predicted molar refractivity (Wildman–Crippen MR) is 78.1 cm³/mol. The molecular formula is C16H26FNO. The number of halogens is 1. The molecule has 0 aliphatic rings. The van der Waals surface area contributed by atoms with Crippen LogP contribution in [-0.4, -0.2) is 13.2 Å². The zero-order valence-electron chi connectivity index (χ0n) is 12.5. The molecule has 0 saturated carbocycles. The normalized spacial score (nSPS) is 12.7. The smallest absolute Gasteiger partial charge is 0.131 e.